The van der Waals surface area contributed by atoms with Gasteiger partial charge >= 0.3 is 0 Å². The minimum absolute atomic E-state index is 0.00646. The van der Waals surface area contributed by atoms with E-state index in [4.69, 9.17) is 4.74 Å². The summed E-state index contributed by atoms with van der Waals surface area (Å²) < 4.78 is 5.32. The summed E-state index contributed by atoms with van der Waals surface area (Å²) in [6.45, 7) is 2.71. The van der Waals surface area contributed by atoms with E-state index in [1.54, 1.807) is 19.2 Å². The molecule has 0 N–H and O–H groups in total. The quantitative estimate of drug-likeness (QED) is 0.825. The lowest BCUT2D eigenvalue weighted by Crippen LogP contribution is -2.45. The van der Waals surface area contributed by atoms with E-state index in [-0.39, 0.29) is 17.7 Å². The SMILES string of the molecule is COc1ccccc1C(=O)N1CCC(C(=O)N2CCc3ccccc3C2)CC1. The molecule has 0 spiro atoms. The van der Waals surface area contributed by atoms with Gasteiger partial charge in [0.05, 0.1) is 12.7 Å². The number of carbonyl (C=O) groups excluding carboxylic acids is 2. The van der Waals surface area contributed by atoms with Crippen molar-refractivity contribution in [2.24, 2.45) is 5.92 Å². The van der Waals surface area contributed by atoms with Gasteiger partial charge in [-0.3, -0.25) is 9.59 Å². The largest absolute Gasteiger partial charge is 0.496 e. The Balaban J connectivity index is 1.36. The fourth-order valence-corrected chi connectivity index (χ4v) is 4.26. The third kappa shape index (κ3) is 3.61. The molecule has 2 aliphatic rings. The molecule has 4 rings (SSSR count). The molecule has 2 heterocycles. The number of rotatable bonds is 3. The van der Waals surface area contributed by atoms with Crippen LogP contribution in [0.5, 0.6) is 5.75 Å². The topological polar surface area (TPSA) is 49.9 Å². The predicted octanol–water partition coefficient (Wildman–Crippen LogP) is 3.13. The van der Waals surface area contributed by atoms with Crippen molar-refractivity contribution in [3.8, 4) is 5.75 Å². The van der Waals surface area contributed by atoms with E-state index >= 15 is 0 Å². The van der Waals surface area contributed by atoms with Crippen LogP contribution >= 0.6 is 0 Å². The fourth-order valence-electron chi connectivity index (χ4n) is 4.26. The molecule has 5 heteroatoms. The zero-order valence-electron chi connectivity index (χ0n) is 16.3. The van der Waals surface area contributed by atoms with Crippen LogP contribution in [-0.2, 0) is 17.8 Å². The maximum Gasteiger partial charge on any atom is 0.257 e. The second-order valence-electron chi connectivity index (χ2n) is 7.55. The Bertz CT molecular complexity index is 872. The van der Waals surface area contributed by atoms with E-state index in [2.05, 4.69) is 18.2 Å². The van der Waals surface area contributed by atoms with Crippen LogP contribution in [0, 0.1) is 5.92 Å². The summed E-state index contributed by atoms with van der Waals surface area (Å²) in [5.41, 5.74) is 3.19. The van der Waals surface area contributed by atoms with Gasteiger partial charge in [-0.25, -0.2) is 0 Å². The van der Waals surface area contributed by atoms with Crippen molar-refractivity contribution in [3.05, 3.63) is 65.2 Å². The summed E-state index contributed by atoms with van der Waals surface area (Å²) in [5.74, 6) is 0.818. The van der Waals surface area contributed by atoms with Crippen LogP contribution in [-0.4, -0.2) is 48.4 Å². The van der Waals surface area contributed by atoms with Gasteiger partial charge in [-0.05, 0) is 42.5 Å². The van der Waals surface area contributed by atoms with Crippen molar-refractivity contribution in [2.45, 2.75) is 25.8 Å². The van der Waals surface area contributed by atoms with Crippen LogP contribution in [0.3, 0.4) is 0 Å². The van der Waals surface area contributed by atoms with Crippen LogP contribution < -0.4 is 4.74 Å². The van der Waals surface area contributed by atoms with E-state index in [9.17, 15) is 9.59 Å². The molecular weight excluding hydrogens is 352 g/mol. The molecule has 5 nitrogen and oxygen atoms in total. The van der Waals surface area contributed by atoms with Crippen LogP contribution in [0.2, 0.25) is 0 Å². The van der Waals surface area contributed by atoms with Crippen molar-refractivity contribution >= 4 is 11.8 Å². The van der Waals surface area contributed by atoms with Crippen molar-refractivity contribution in [3.63, 3.8) is 0 Å². The first kappa shape index (κ1) is 18.5. The Labute approximate surface area is 165 Å². The molecule has 0 radical (unpaired) electrons. The van der Waals surface area contributed by atoms with Gasteiger partial charge < -0.3 is 14.5 Å². The molecule has 2 aromatic carbocycles. The zero-order chi connectivity index (χ0) is 19.5. The van der Waals surface area contributed by atoms with Gasteiger partial charge in [0.1, 0.15) is 5.75 Å². The molecular formula is C23H26N2O3. The van der Waals surface area contributed by atoms with Gasteiger partial charge in [0, 0.05) is 32.1 Å². The Morgan fingerprint density at radius 3 is 2.32 bits per heavy atom. The average molecular weight is 378 g/mol. The molecule has 1 saturated heterocycles. The number of hydrogen-bond donors (Lipinski definition) is 0. The minimum Gasteiger partial charge on any atom is -0.496 e. The number of benzene rings is 2. The molecule has 0 atom stereocenters. The molecule has 0 unspecified atom stereocenters. The van der Waals surface area contributed by atoms with Gasteiger partial charge in [-0.2, -0.15) is 0 Å². The number of amides is 2. The standard InChI is InChI=1S/C23H26N2O3/c1-28-21-9-5-4-8-20(21)23(27)24-13-11-18(12-14-24)22(26)25-15-10-17-6-2-3-7-19(17)16-25/h2-9,18H,10-16H2,1H3. The molecule has 1 fully saturated rings. The summed E-state index contributed by atoms with van der Waals surface area (Å²) >= 11 is 0. The fraction of sp³-hybridized carbons (Fsp3) is 0.391. The lowest BCUT2D eigenvalue weighted by molar-refractivity contribution is -0.137. The Morgan fingerprint density at radius 2 is 1.57 bits per heavy atom. The van der Waals surface area contributed by atoms with E-state index in [1.807, 2.05) is 28.0 Å². The lowest BCUT2D eigenvalue weighted by atomic mass is 9.92. The van der Waals surface area contributed by atoms with Crippen molar-refractivity contribution in [2.75, 3.05) is 26.7 Å². The van der Waals surface area contributed by atoms with E-state index in [0.29, 0.717) is 30.9 Å². The highest BCUT2D eigenvalue weighted by Gasteiger charge is 2.32. The Kier molecular flexibility index (Phi) is 5.33. The van der Waals surface area contributed by atoms with Crippen LogP contribution in [0.25, 0.3) is 0 Å². The average Bonchev–Trinajstić information content (AvgIpc) is 2.77. The number of fused-ring (bicyclic) bond motifs is 1. The number of methoxy groups -OCH3 is 1. The predicted molar refractivity (Wildman–Crippen MR) is 107 cm³/mol. The van der Waals surface area contributed by atoms with Crippen LogP contribution in [0.15, 0.2) is 48.5 Å². The number of nitrogens with zero attached hydrogens (tertiary/aromatic N) is 2. The van der Waals surface area contributed by atoms with Crippen LogP contribution in [0.1, 0.15) is 34.3 Å². The summed E-state index contributed by atoms with van der Waals surface area (Å²) in [5, 5.41) is 0. The normalized spacial score (nSPS) is 17.2. The van der Waals surface area contributed by atoms with E-state index < -0.39 is 0 Å². The zero-order valence-corrected chi connectivity index (χ0v) is 16.3. The van der Waals surface area contributed by atoms with Gasteiger partial charge in [-0.1, -0.05) is 36.4 Å². The first-order valence-electron chi connectivity index (χ1n) is 9.95. The molecule has 0 aliphatic carbocycles. The number of hydrogen-bond acceptors (Lipinski definition) is 3. The van der Waals surface area contributed by atoms with Gasteiger partial charge in [-0.15, -0.1) is 0 Å². The molecule has 0 aromatic heterocycles. The Hall–Kier alpha value is -2.82. The minimum atomic E-state index is -0.0183. The first-order chi connectivity index (χ1) is 13.7. The van der Waals surface area contributed by atoms with Gasteiger partial charge in [0.25, 0.3) is 5.91 Å². The van der Waals surface area contributed by atoms with E-state index in [0.717, 1.165) is 25.8 Å². The number of likely N-dealkylation sites (tertiary alicyclic amines) is 1. The Morgan fingerprint density at radius 1 is 0.893 bits per heavy atom. The van der Waals surface area contributed by atoms with Crippen molar-refractivity contribution in [1.82, 2.24) is 9.80 Å². The summed E-state index contributed by atoms with van der Waals surface area (Å²) in [6, 6.07) is 15.7. The van der Waals surface area contributed by atoms with Crippen molar-refractivity contribution in [1.29, 1.82) is 0 Å². The monoisotopic (exact) mass is 378 g/mol. The van der Waals surface area contributed by atoms with Crippen LogP contribution in [0.4, 0.5) is 0 Å². The molecule has 2 aliphatic heterocycles. The second kappa shape index (κ2) is 8.05. The highest BCUT2D eigenvalue weighted by molar-refractivity contribution is 5.97. The third-order valence-corrected chi connectivity index (χ3v) is 5.91. The highest BCUT2D eigenvalue weighted by Crippen LogP contribution is 2.26. The molecule has 146 valence electrons. The molecule has 28 heavy (non-hydrogen) atoms. The second-order valence-corrected chi connectivity index (χ2v) is 7.55. The van der Waals surface area contributed by atoms with Crippen molar-refractivity contribution < 1.29 is 14.3 Å². The number of ether oxygens (including phenoxy) is 1. The molecule has 2 aromatic rings. The molecule has 0 saturated carbocycles. The summed E-state index contributed by atoms with van der Waals surface area (Å²) in [4.78, 5) is 29.7. The molecule has 2 amide bonds. The third-order valence-electron chi connectivity index (χ3n) is 5.91. The maximum atomic E-state index is 13.0. The number of carbonyl (C=O) groups is 2. The van der Waals surface area contributed by atoms with E-state index in [1.165, 1.54) is 11.1 Å². The number of para-hydroxylation sites is 1. The van der Waals surface area contributed by atoms with Gasteiger partial charge in [0.2, 0.25) is 5.91 Å². The lowest BCUT2D eigenvalue weighted by Gasteiger charge is -2.36. The molecule has 0 bridgehead atoms. The summed E-state index contributed by atoms with van der Waals surface area (Å²) in [6.07, 6.45) is 2.36. The highest BCUT2D eigenvalue weighted by atomic mass is 16.5. The van der Waals surface area contributed by atoms with Gasteiger partial charge in [0.15, 0.2) is 0 Å². The number of piperidine rings is 1. The maximum absolute atomic E-state index is 13.0. The smallest absolute Gasteiger partial charge is 0.257 e. The first-order valence-corrected chi connectivity index (χ1v) is 9.95. The summed E-state index contributed by atoms with van der Waals surface area (Å²) in [7, 11) is 1.58.